The predicted octanol–water partition coefficient (Wildman–Crippen LogP) is 7.90. The maximum atomic E-state index is 12.7. The second kappa shape index (κ2) is 21.7. The molecular formula is C42H29LiN9NaO15S6. The molecule has 0 aliphatic carbocycles. The average Bonchev–Trinajstić information content (AvgIpc) is 3.71. The summed E-state index contributed by atoms with van der Waals surface area (Å²) in [7, 11) is -25.0. The fraction of sp³-hybridized carbons (Fsp3) is 0.0238. The summed E-state index contributed by atoms with van der Waals surface area (Å²) in [4.78, 5) is 7.92. The van der Waals surface area contributed by atoms with E-state index in [0.717, 1.165) is 58.5 Å². The van der Waals surface area contributed by atoms with Gasteiger partial charge in [-0.25, -0.2) is 9.98 Å². The Balaban J connectivity index is 0.00000446. The van der Waals surface area contributed by atoms with Crippen LogP contribution in [0.3, 0.4) is 0 Å². The van der Waals surface area contributed by atoms with E-state index in [2.05, 4.69) is 46.8 Å². The molecule has 8 aromatic rings. The molecule has 0 saturated heterocycles. The number of nitrogens with zero attached hydrogens (tertiary/aromatic N) is 7. The number of benzene rings is 6. The predicted molar refractivity (Wildman–Crippen MR) is 270 cm³/mol. The molecule has 2 heterocycles. The monoisotopic (exact) mass is 1120 g/mol. The molecule has 7 N–H and O–H groups in total. The third kappa shape index (κ3) is 12.8. The van der Waals surface area contributed by atoms with Gasteiger partial charge in [0.15, 0.2) is 10.5 Å². The first-order valence-corrected chi connectivity index (χ1v) is 27.7. The van der Waals surface area contributed by atoms with E-state index in [0.29, 0.717) is 17.7 Å². The molecule has 0 atom stereocenters. The molecule has 6 aromatic carbocycles. The zero-order valence-electron chi connectivity index (χ0n) is 37.9. The van der Waals surface area contributed by atoms with Crippen LogP contribution in [0.25, 0.3) is 32.8 Å². The van der Waals surface area contributed by atoms with Gasteiger partial charge in [-0.15, -0.1) is 20.5 Å². The summed E-state index contributed by atoms with van der Waals surface area (Å²) >= 11 is 0.772. The zero-order chi connectivity index (χ0) is 52.1. The van der Waals surface area contributed by atoms with Gasteiger partial charge in [0.2, 0.25) is 5.13 Å². The van der Waals surface area contributed by atoms with Crippen molar-refractivity contribution in [3.8, 4) is 17.3 Å². The number of aromatic nitrogens is 2. The number of H-pyrrole nitrogens is 1. The largest absolute Gasteiger partial charge is 0.341 e. The van der Waals surface area contributed by atoms with Gasteiger partial charge in [-0.3, -0.25) is 22.8 Å². The standard InChI is InChI=1S/C42H29N9O15S6.Li.Na/c1-22-34(21-43)39(44-26-8-12-29(13-9-26)68(52,53)54)47-40(45-27-10-14-30(15-11-27)69(55,56)57)37(22)49-51-42-46-38(25-7-6-23-4-2-3-5-24(23)16-25)41(67-42)50-48-28-17-32-33(35(18-28)71(61,62)63)19-31(70(58,59)60)20-36(32)72(64,65)66;;/h2-20H,1H3,(H2,44,45,47)(H,52,53,54)(H,55,56,57)(H,58,59,60)(H,61,62,63)(H,64,65,66);;. The number of fused-ring (bicyclic) bond motifs is 2. The van der Waals surface area contributed by atoms with Crippen molar-refractivity contribution in [1.29, 1.82) is 5.26 Å². The van der Waals surface area contributed by atoms with Crippen molar-refractivity contribution in [2.45, 2.75) is 31.4 Å². The van der Waals surface area contributed by atoms with Crippen LogP contribution in [-0.4, -0.2) is 123 Å². The summed E-state index contributed by atoms with van der Waals surface area (Å²) in [6.45, 7) is 1.50. The van der Waals surface area contributed by atoms with E-state index < -0.39 is 91.5 Å². The van der Waals surface area contributed by atoms with E-state index >= 15 is 0 Å². The molecule has 0 aliphatic heterocycles. The third-order valence-corrected chi connectivity index (χ3v) is 15.5. The van der Waals surface area contributed by atoms with Crippen LogP contribution in [0.4, 0.5) is 38.7 Å². The SMILES string of the molecule is Cc1c(C#N)c(Nc2ccc(S(=O)(=O)O)cc2)[nH]c(=Nc2ccc(S(=O)(=O)O)cc2)c1N=Nc1nc(-c2ccc3ccccc3c2)c(N=Nc2cc(S(=O)(=O)O)c3cc(S(=O)(=O)O)cc(S(=O)(=O)O)c3c2)s1.[Li].[Na]. The van der Waals surface area contributed by atoms with Gasteiger partial charge in [-0.05, 0) is 96.6 Å². The summed E-state index contributed by atoms with van der Waals surface area (Å²) < 4.78 is 170. The molecular weight excluding hydrogens is 1090 g/mol. The maximum Gasteiger partial charge on any atom is 0.295 e. The van der Waals surface area contributed by atoms with Crippen molar-refractivity contribution in [2.75, 3.05) is 5.32 Å². The van der Waals surface area contributed by atoms with E-state index in [1.54, 1.807) is 24.3 Å². The molecule has 370 valence electrons. The Morgan fingerprint density at radius 1 is 0.608 bits per heavy atom. The zero-order valence-corrected chi connectivity index (χ0v) is 44.8. The number of thiazole rings is 1. The number of nitrogens with one attached hydrogen (secondary N) is 2. The topological polar surface area (TPSA) is 398 Å². The smallest absolute Gasteiger partial charge is 0.295 e. The summed E-state index contributed by atoms with van der Waals surface area (Å²) in [5.41, 5.74) is 0.461. The van der Waals surface area contributed by atoms with Crippen molar-refractivity contribution in [3.05, 3.63) is 132 Å². The Kier molecular flexibility index (Phi) is 16.8. The van der Waals surface area contributed by atoms with Gasteiger partial charge >= 0.3 is 0 Å². The van der Waals surface area contributed by atoms with Crippen LogP contribution in [-0.2, 0) is 50.6 Å². The van der Waals surface area contributed by atoms with Crippen LogP contribution < -0.4 is 10.8 Å². The molecule has 0 saturated carbocycles. The van der Waals surface area contributed by atoms with Gasteiger partial charge in [-0.1, -0.05) is 47.7 Å². The first-order chi connectivity index (χ1) is 33.7. The molecule has 24 nitrogen and oxygen atoms in total. The molecule has 8 rings (SSSR count). The van der Waals surface area contributed by atoms with Crippen molar-refractivity contribution in [3.63, 3.8) is 0 Å². The molecule has 32 heteroatoms. The van der Waals surface area contributed by atoms with Crippen LogP contribution in [0.2, 0.25) is 0 Å². The van der Waals surface area contributed by atoms with Crippen LogP contribution in [0.1, 0.15) is 11.1 Å². The van der Waals surface area contributed by atoms with Crippen LogP contribution in [0.15, 0.2) is 165 Å². The number of rotatable bonds is 13. The van der Waals surface area contributed by atoms with Gasteiger partial charge in [0.25, 0.3) is 50.6 Å². The fourth-order valence-corrected chi connectivity index (χ4v) is 10.7. The number of azo groups is 2. The summed E-state index contributed by atoms with van der Waals surface area (Å²) in [6, 6.07) is 26.7. The van der Waals surface area contributed by atoms with E-state index in [1.807, 2.05) is 18.2 Å². The Morgan fingerprint density at radius 3 is 1.76 bits per heavy atom. The van der Waals surface area contributed by atoms with Gasteiger partial charge < -0.3 is 10.3 Å². The molecule has 0 bridgehead atoms. The van der Waals surface area contributed by atoms with E-state index in [9.17, 15) is 70.1 Å². The number of hydrogen-bond donors (Lipinski definition) is 7. The second-order valence-corrected chi connectivity index (χ2v) is 23.0. The minimum absolute atomic E-state index is 0. The first kappa shape index (κ1) is 57.3. The van der Waals surface area contributed by atoms with Gasteiger partial charge in [0, 0.05) is 76.0 Å². The normalized spacial score (nSPS) is 12.7. The van der Waals surface area contributed by atoms with Crippen molar-refractivity contribution >= 4 is 171 Å². The fourth-order valence-electron chi connectivity index (χ4n) is 6.96. The molecule has 2 aromatic heterocycles. The summed E-state index contributed by atoms with van der Waals surface area (Å²) in [6.07, 6.45) is 0. The Labute approximate surface area is 457 Å². The van der Waals surface area contributed by atoms with Crippen LogP contribution in [0, 0.1) is 18.3 Å². The Morgan fingerprint density at radius 2 is 1.18 bits per heavy atom. The Hall–Kier alpha value is -5.94. The van der Waals surface area contributed by atoms with Crippen molar-refractivity contribution < 1.29 is 64.9 Å². The molecule has 0 fully saturated rings. The molecule has 2 radical (unpaired) electrons. The number of nitriles is 1. The number of aromatic amines is 1. The maximum absolute atomic E-state index is 12.7. The third-order valence-electron chi connectivity index (χ3n) is 10.3. The van der Waals surface area contributed by atoms with Crippen LogP contribution in [0.5, 0.6) is 0 Å². The van der Waals surface area contributed by atoms with Gasteiger partial charge in [-0.2, -0.15) is 47.4 Å². The second-order valence-electron chi connectivity index (χ2n) is 15.0. The molecule has 0 amide bonds. The molecule has 0 unspecified atom stereocenters. The number of hydrogen-bond acceptors (Lipinski definition) is 19. The minimum atomic E-state index is -5.35. The van der Waals surface area contributed by atoms with E-state index in [-0.39, 0.29) is 104 Å². The number of pyridine rings is 1. The molecule has 0 aliphatic rings. The number of anilines is 2. The Bertz CT molecular complexity index is 4360. The van der Waals surface area contributed by atoms with Gasteiger partial charge in [0.1, 0.15) is 33.1 Å². The van der Waals surface area contributed by atoms with Crippen molar-refractivity contribution in [1.82, 2.24) is 9.97 Å². The van der Waals surface area contributed by atoms with E-state index in [1.165, 1.54) is 31.2 Å². The average molecular weight is 1120 g/mol. The molecule has 0 spiro atoms. The molecule has 74 heavy (non-hydrogen) atoms. The quantitative estimate of drug-likeness (QED) is 0.0327. The first-order valence-electron chi connectivity index (χ1n) is 19.7. The minimum Gasteiger partial charge on any atom is -0.341 e. The van der Waals surface area contributed by atoms with E-state index in [4.69, 9.17) is 0 Å². The summed E-state index contributed by atoms with van der Waals surface area (Å²) in [5, 5.41) is 30.5. The van der Waals surface area contributed by atoms with Crippen LogP contribution >= 0.6 is 11.3 Å². The summed E-state index contributed by atoms with van der Waals surface area (Å²) in [5.74, 6) is 0.0193. The van der Waals surface area contributed by atoms with Gasteiger partial charge in [0.05, 0.1) is 31.6 Å². The van der Waals surface area contributed by atoms with Crippen molar-refractivity contribution in [2.24, 2.45) is 25.4 Å².